The third-order valence-electron chi connectivity index (χ3n) is 2.49. The molecule has 0 fully saturated rings. The highest BCUT2D eigenvalue weighted by atomic mass is 16.5. The van der Waals surface area contributed by atoms with Gasteiger partial charge < -0.3 is 4.74 Å². The minimum Gasteiger partial charge on any atom is -0.462 e. The summed E-state index contributed by atoms with van der Waals surface area (Å²) in [5, 5.41) is 0. The van der Waals surface area contributed by atoms with Crippen molar-refractivity contribution >= 4 is 5.97 Å². The molecule has 82 valence electrons. The first-order valence-corrected chi connectivity index (χ1v) is 5.44. The van der Waals surface area contributed by atoms with Crippen LogP contribution in [-0.4, -0.2) is 12.6 Å². The van der Waals surface area contributed by atoms with E-state index in [4.69, 9.17) is 4.74 Å². The van der Waals surface area contributed by atoms with Crippen LogP contribution in [0, 0.1) is 5.92 Å². The zero-order valence-corrected chi connectivity index (χ0v) is 9.64. The number of esters is 1. The van der Waals surface area contributed by atoms with E-state index in [0.717, 1.165) is 18.8 Å². The predicted molar refractivity (Wildman–Crippen MR) is 59.1 cm³/mol. The van der Waals surface area contributed by atoms with Gasteiger partial charge >= 0.3 is 5.97 Å². The van der Waals surface area contributed by atoms with Gasteiger partial charge in [0, 0.05) is 5.57 Å². The van der Waals surface area contributed by atoms with E-state index in [1.807, 2.05) is 0 Å². The maximum Gasteiger partial charge on any atom is 0.333 e. The first kappa shape index (κ1) is 13.2. The summed E-state index contributed by atoms with van der Waals surface area (Å²) in [5.41, 5.74) is 0.479. The van der Waals surface area contributed by atoms with Crippen LogP contribution >= 0.6 is 0 Å². The number of carbonyl (C=O) groups excluding carboxylic acids is 1. The molecule has 0 unspecified atom stereocenters. The Kier molecular flexibility index (Phi) is 7.17. The van der Waals surface area contributed by atoms with Crippen molar-refractivity contribution in [2.24, 2.45) is 5.92 Å². The number of hydrogen-bond donors (Lipinski definition) is 0. The fourth-order valence-electron chi connectivity index (χ4n) is 1.36. The average Bonchev–Trinajstić information content (AvgIpc) is 2.17. The molecule has 0 aliphatic carbocycles. The van der Waals surface area contributed by atoms with Gasteiger partial charge in [-0.1, -0.05) is 33.3 Å². The molecule has 0 heterocycles. The van der Waals surface area contributed by atoms with Crippen LogP contribution in [0.15, 0.2) is 12.2 Å². The first-order chi connectivity index (χ1) is 6.61. The summed E-state index contributed by atoms with van der Waals surface area (Å²) in [5.74, 6) is 0.507. The largest absolute Gasteiger partial charge is 0.462 e. The molecular weight excluding hydrogens is 176 g/mol. The maximum atomic E-state index is 11.0. The van der Waals surface area contributed by atoms with E-state index in [1.165, 1.54) is 12.8 Å². The summed E-state index contributed by atoms with van der Waals surface area (Å²) >= 11 is 0. The Morgan fingerprint density at radius 1 is 1.36 bits per heavy atom. The third kappa shape index (κ3) is 5.79. The minimum atomic E-state index is -0.269. The van der Waals surface area contributed by atoms with Gasteiger partial charge in [0.15, 0.2) is 0 Å². The van der Waals surface area contributed by atoms with Crippen molar-refractivity contribution in [1.82, 2.24) is 0 Å². The van der Waals surface area contributed by atoms with Crippen molar-refractivity contribution in [3.8, 4) is 0 Å². The molecule has 0 bridgehead atoms. The Balaban J connectivity index is 3.46. The van der Waals surface area contributed by atoms with Crippen molar-refractivity contribution in [3.63, 3.8) is 0 Å². The number of carbonyl (C=O) groups is 1. The monoisotopic (exact) mass is 198 g/mol. The van der Waals surface area contributed by atoms with E-state index in [-0.39, 0.29) is 5.97 Å². The van der Waals surface area contributed by atoms with Gasteiger partial charge in [0.05, 0.1) is 6.61 Å². The van der Waals surface area contributed by atoms with Crippen molar-refractivity contribution in [3.05, 3.63) is 12.2 Å². The predicted octanol–water partition coefficient (Wildman–Crippen LogP) is 3.32. The van der Waals surface area contributed by atoms with Crippen LogP contribution in [-0.2, 0) is 9.53 Å². The van der Waals surface area contributed by atoms with E-state index < -0.39 is 0 Å². The number of rotatable bonds is 7. The molecule has 0 aromatic rings. The van der Waals surface area contributed by atoms with Gasteiger partial charge in [-0.3, -0.25) is 0 Å². The van der Waals surface area contributed by atoms with Crippen molar-refractivity contribution in [2.75, 3.05) is 6.61 Å². The maximum absolute atomic E-state index is 11.0. The number of ether oxygens (including phenoxy) is 1. The lowest BCUT2D eigenvalue weighted by molar-refractivity contribution is -0.139. The van der Waals surface area contributed by atoms with Crippen LogP contribution in [0.1, 0.15) is 46.5 Å². The average molecular weight is 198 g/mol. The quantitative estimate of drug-likeness (QED) is 0.356. The lowest BCUT2D eigenvalue weighted by atomic mass is 9.98. The molecule has 0 aliphatic heterocycles. The minimum absolute atomic E-state index is 0.269. The molecule has 0 radical (unpaired) electrons. The summed E-state index contributed by atoms with van der Waals surface area (Å²) < 4.78 is 5.00. The highest BCUT2D eigenvalue weighted by Crippen LogP contribution is 2.14. The van der Waals surface area contributed by atoms with Crippen LogP contribution in [0.4, 0.5) is 0 Å². The molecular formula is C12H22O2. The molecule has 0 amide bonds. The molecule has 0 rings (SSSR count). The Morgan fingerprint density at radius 3 is 2.36 bits per heavy atom. The smallest absolute Gasteiger partial charge is 0.333 e. The zero-order valence-electron chi connectivity index (χ0n) is 9.64. The van der Waals surface area contributed by atoms with E-state index in [2.05, 4.69) is 20.4 Å². The summed E-state index contributed by atoms with van der Waals surface area (Å²) in [7, 11) is 0. The van der Waals surface area contributed by atoms with E-state index >= 15 is 0 Å². The summed E-state index contributed by atoms with van der Waals surface area (Å²) in [4.78, 5) is 11.0. The molecule has 0 spiro atoms. The van der Waals surface area contributed by atoms with Crippen LogP contribution in [0.3, 0.4) is 0 Å². The number of hydrogen-bond acceptors (Lipinski definition) is 2. The van der Waals surface area contributed by atoms with Crippen molar-refractivity contribution in [2.45, 2.75) is 46.5 Å². The molecule has 0 aromatic heterocycles. The molecule has 2 nitrogen and oxygen atoms in total. The third-order valence-corrected chi connectivity index (χ3v) is 2.49. The Morgan fingerprint density at radius 2 is 1.93 bits per heavy atom. The lowest BCUT2D eigenvalue weighted by Gasteiger charge is -2.11. The highest BCUT2D eigenvalue weighted by Gasteiger charge is 2.05. The fraction of sp³-hybridized carbons (Fsp3) is 0.750. The topological polar surface area (TPSA) is 26.3 Å². The molecule has 0 saturated heterocycles. The molecule has 0 atom stereocenters. The molecule has 0 saturated carbocycles. The second-order valence-corrected chi connectivity index (χ2v) is 3.74. The second-order valence-electron chi connectivity index (χ2n) is 3.74. The van der Waals surface area contributed by atoms with Crippen LogP contribution < -0.4 is 0 Å². The van der Waals surface area contributed by atoms with Crippen molar-refractivity contribution < 1.29 is 9.53 Å². The fourth-order valence-corrected chi connectivity index (χ4v) is 1.36. The van der Waals surface area contributed by atoms with Gasteiger partial charge in [-0.25, -0.2) is 4.79 Å². The summed E-state index contributed by atoms with van der Waals surface area (Å²) in [6.07, 6.45) is 4.54. The van der Waals surface area contributed by atoms with Gasteiger partial charge in [-0.2, -0.15) is 0 Å². The Bertz CT molecular complexity index is 181. The molecule has 14 heavy (non-hydrogen) atoms. The molecule has 0 aliphatic rings. The van der Waals surface area contributed by atoms with Crippen LogP contribution in [0.2, 0.25) is 0 Å². The summed E-state index contributed by atoms with van der Waals surface area (Å²) in [6, 6.07) is 0. The molecule has 2 heteroatoms. The van der Waals surface area contributed by atoms with Gasteiger partial charge in [0.1, 0.15) is 0 Å². The Hall–Kier alpha value is -0.790. The molecule has 0 N–H and O–H groups in total. The normalized spacial score (nSPS) is 10.3. The van der Waals surface area contributed by atoms with Gasteiger partial charge in [0.25, 0.3) is 0 Å². The highest BCUT2D eigenvalue weighted by molar-refractivity contribution is 5.86. The zero-order chi connectivity index (χ0) is 11.0. The van der Waals surface area contributed by atoms with E-state index in [9.17, 15) is 4.79 Å². The van der Waals surface area contributed by atoms with E-state index in [1.54, 1.807) is 6.92 Å². The Labute approximate surface area is 87.3 Å². The van der Waals surface area contributed by atoms with Gasteiger partial charge in [-0.05, 0) is 25.7 Å². The SMILES string of the molecule is C=C(C)C(=O)OCCCC(CC)CC. The van der Waals surface area contributed by atoms with Crippen LogP contribution in [0.25, 0.3) is 0 Å². The van der Waals surface area contributed by atoms with Gasteiger partial charge in [-0.15, -0.1) is 0 Å². The molecule has 0 aromatic carbocycles. The lowest BCUT2D eigenvalue weighted by Crippen LogP contribution is -2.07. The van der Waals surface area contributed by atoms with Crippen molar-refractivity contribution in [1.29, 1.82) is 0 Å². The summed E-state index contributed by atoms with van der Waals surface area (Å²) in [6.45, 7) is 10.1. The van der Waals surface area contributed by atoms with E-state index in [0.29, 0.717) is 12.2 Å². The first-order valence-electron chi connectivity index (χ1n) is 5.44. The standard InChI is InChI=1S/C12H22O2/c1-5-11(6-2)8-7-9-14-12(13)10(3)4/h11H,3,5-9H2,1-2,4H3. The van der Waals surface area contributed by atoms with Crippen LogP contribution in [0.5, 0.6) is 0 Å². The van der Waals surface area contributed by atoms with Gasteiger partial charge in [0.2, 0.25) is 0 Å². The second kappa shape index (κ2) is 7.60.